The number of nitriles is 5. The van der Waals surface area contributed by atoms with Gasteiger partial charge >= 0.3 is 12.2 Å². The second-order valence-corrected chi connectivity index (χ2v) is 31.6. The Morgan fingerprint density at radius 1 is 0.466 bits per heavy atom. The fourth-order valence-corrected chi connectivity index (χ4v) is 16.5. The smallest absolute Gasteiger partial charge is 0.412 e. The zero-order valence-corrected chi connectivity index (χ0v) is 75.8. The number of carbonyl (C=O) groups excluding carboxylic acids is 2. The van der Waals surface area contributed by atoms with Crippen LogP contribution in [0.3, 0.4) is 0 Å². The number of aryl methyl sites for hydroxylation is 5. The van der Waals surface area contributed by atoms with Crippen molar-refractivity contribution in [2.24, 2.45) is 0 Å². The minimum absolute atomic E-state index is 0.101. The number of hydrogen-bond acceptors (Lipinski definition) is 18. The fraction of sp³-hybridized carbons (Fsp3) is 0.225. The van der Waals surface area contributed by atoms with E-state index in [1.165, 1.54) is 5.56 Å². The molecule has 7 aromatic heterocycles. The lowest BCUT2D eigenvalue weighted by Gasteiger charge is -2.13. The third kappa shape index (κ3) is 20.8. The Balaban J connectivity index is 0.000000149. The molecule has 4 N–H and O–H groups in total. The highest BCUT2D eigenvalue weighted by atomic mass is 32.2. The summed E-state index contributed by atoms with van der Waals surface area (Å²) in [5.41, 5.74) is 19.1. The zero-order chi connectivity index (χ0) is 93.6. The molecule has 1 atom stereocenters. The van der Waals surface area contributed by atoms with Crippen LogP contribution >= 0.6 is 0 Å². The van der Waals surface area contributed by atoms with Crippen molar-refractivity contribution in [3.8, 4) is 128 Å². The van der Waals surface area contributed by atoms with E-state index in [2.05, 4.69) is 123 Å². The van der Waals surface area contributed by atoms with Crippen molar-refractivity contribution in [1.29, 1.82) is 26.3 Å². The largest absolute Gasteiger partial charge is 0.497 e. The number of hydrogen-bond donors (Lipinski definition) is 4. The molecule has 0 aliphatic rings. The van der Waals surface area contributed by atoms with Gasteiger partial charge in [0.1, 0.15) is 70.9 Å². The van der Waals surface area contributed by atoms with E-state index in [-0.39, 0.29) is 12.7 Å². The second kappa shape index (κ2) is 43.1. The molecule has 0 bridgehead atoms. The van der Waals surface area contributed by atoms with Crippen LogP contribution in [0.25, 0.3) is 111 Å². The Hall–Kier alpha value is -16.6. The molecular weight excluding hydrogens is 1670 g/mol. The summed E-state index contributed by atoms with van der Waals surface area (Å²) < 4.78 is 74.6. The highest BCUT2D eigenvalue weighted by Gasteiger charge is 2.26. The van der Waals surface area contributed by atoms with Gasteiger partial charge in [-0.25, -0.2) is 23.0 Å². The van der Waals surface area contributed by atoms with Gasteiger partial charge in [0, 0.05) is 137 Å². The average Bonchev–Trinajstić information content (AvgIpc) is 1.65. The van der Waals surface area contributed by atoms with Crippen LogP contribution < -0.4 is 39.0 Å². The first kappa shape index (κ1) is 93.6. The summed E-state index contributed by atoms with van der Waals surface area (Å²) in [7, 11) is 4.81. The van der Waals surface area contributed by atoms with E-state index in [0.717, 1.165) is 185 Å². The van der Waals surface area contributed by atoms with E-state index in [9.17, 15) is 44.3 Å². The van der Waals surface area contributed by atoms with Crippen molar-refractivity contribution < 1.29 is 51.2 Å². The van der Waals surface area contributed by atoms with Gasteiger partial charge in [0.05, 0.1) is 138 Å². The van der Waals surface area contributed by atoms with Crippen molar-refractivity contribution in [3.63, 3.8) is 0 Å². The number of nitrogens with one attached hydrogen (secondary N) is 4. The number of fused-ring (bicyclic) bond motifs is 5. The number of nitrogens with zero attached hydrogens (tertiary/aromatic N) is 13. The Morgan fingerprint density at radius 3 is 1.26 bits per heavy atom. The third-order valence-corrected chi connectivity index (χ3v) is 22.5. The molecule has 28 nitrogen and oxygen atoms in total. The molecule has 0 saturated carbocycles. The molecule has 7 heterocycles. The predicted molar refractivity (Wildman–Crippen MR) is 512 cm³/mol. The molecule has 9 aromatic carbocycles. The first-order chi connectivity index (χ1) is 63.6. The fourth-order valence-electron chi connectivity index (χ4n) is 15.9. The number of ether oxygens (including phenoxy) is 7. The van der Waals surface area contributed by atoms with Gasteiger partial charge in [-0.2, -0.15) is 31.4 Å². The maximum absolute atomic E-state index is 12.1. The Kier molecular flexibility index (Phi) is 30.8. The van der Waals surface area contributed by atoms with Crippen molar-refractivity contribution >= 4 is 93.8 Å². The molecule has 16 aromatic rings. The molecule has 0 spiro atoms. The van der Waals surface area contributed by atoms with Crippen LogP contribution in [0, 0.1) is 69.0 Å². The number of sulfonamides is 1. The maximum Gasteiger partial charge on any atom is 0.412 e. The summed E-state index contributed by atoms with van der Waals surface area (Å²) in [6, 6.07) is 74.2. The standard InChI is InChI=1S/C23H25N3O3.C22H20N4O.C22H19N3O3.C20H21N3O3S.C15H14N4O/c1-5-15(3)29-23(27)25-17-9-7-8-16(12-17)22-20(14-24)19-11-10-18(28-4)13-21(19)26(22)6-2;1-3-26-21-11-17(27-2)9-10-18(21)19(12-23)22(26)20-14-25(15-24-20)13-16-7-5-4-6-8-16;1-4-11-28-22(26)24-16-8-6-7-15(12-16)21-19(14-23)18-10-9-17(27-3)13-20(18)25(21)5-2;1-4-11-23-19-12-16(26-2)9-10-17(19)18(13-21)20(23)14-5-7-15(8-6-14)22-27(3,24)25;1-3-19-14-8-10(20-2)4-5-11(14)12(9-16)15(19)13-6-7-17-18-13/h7-13,15H,5-6H2,1-4H3,(H,25,27);4-11,14-15H,3,13H2,1-2H3;1,6-10,12-13H,5,11H2,2-3H3,(H,24,26);5-10,12,22H,4,11H2,1-3H3;4-8H,3H2,1-2H3,(H,17,18). The molecule has 664 valence electrons. The van der Waals surface area contributed by atoms with Gasteiger partial charge in [0.25, 0.3) is 0 Å². The van der Waals surface area contributed by atoms with E-state index < -0.39 is 22.2 Å². The van der Waals surface area contributed by atoms with E-state index in [4.69, 9.17) is 39.6 Å². The summed E-state index contributed by atoms with van der Waals surface area (Å²) in [6.45, 7) is 18.3. The molecular formula is C102H99N17O11S. The average molecular weight is 1770 g/mol. The quantitative estimate of drug-likeness (QED) is 0.0386. The van der Waals surface area contributed by atoms with Crippen molar-refractivity contribution in [2.45, 2.75) is 107 Å². The van der Waals surface area contributed by atoms with Crippen LogP contribution in [0.15, 0.2) is 219 Å². The number of aromatic nitrogens is 9. The number of methoxy groups -OCH3 is 5. The number of H-pyrrole nitrogens is 1. The number of benzene rings is 9. The minimum atomic E-state index is -3.33. The Morgan fingerprint density at radius 2 is 0.870 bits per heavy atom. The molecule has 0 fully saturated rings. The van der Waals surface area contributed by atoms with Gasteiger partial charge in [-0.05, 0) is 162 Å². The van der Waals surface area contributed by atoms with Gasteiger partial charge < -0.3 is 60.6 Å². The Bertz CT molecular complexity index is 7240. The normalized spacial score (nSPS) is 11.0. The van der Waals surface area contributed by atoms with Crippen LogP contribution in [0.4, 0.5) is 26.7 Å². The van der Waals surface area contributed by atoms with Gasteiger partial charge in [-0.15, -0.1) is 6.42 Å². The van der Waals surface area contributed by atoms with Crippen LogP contribution in [-0.4, -0.2) is 118 Å². The summed E-state index contributed by atoms with van der Waals surface area (Å²) in [6.07, 6.45) is 12.1. The summed E-state index contributed by atoms with van der Waals surface area (Å²) in [4.78, 5) is 28.5. The first-order valence-electron chi connectivity index (χ1n) is 42.3. The van der Waals surface area contributed by atoms with Crippen molar-refractivity contribution in [1.82, 2.24) is 42.6 Å². The minimum Gasteiger partial charge on any atom is -0.497 e. The highest BCUT2D eigenvalue weighted by Crippen LogP contribution is 2.42. The molecule has 0 radical (unpaired) electrons. The van der Waals surface area contributed by atoms with Crippen molar-refractivity contribution in [3.05, 3.63) is 252 Å². The maximum atomic E-state index is 12.1. The van der Waals surface area contributed by atoms with Crippen molar-refractivity contribution in [2.75, 3.05) is 63.8 Å². The predicted octanol–water partition coefficient (Wildman–Crippen LogP) is 21.3. The van der Waals surface area contributed by atoms with Gasteiger partial charge in [0.15, 0.2) is 6.61 Å². The number of terminal acetylenes is 1. The lowest BCUT2D eigenvalue weighted by Crippen LogP contribution is -2.19. The molecule has 131 heavy (non-hydrogen) atoms. The Labute approximate surface area is 760 Å². The number of anilines is 3. The molecule has 29 heteroatoms. The van der Waals surface area contributed by atoms with E-state index in [0.29, 0.717) is 58.0 Å². The molecule has 0 aliphatic carbocycles. The highest BCUT2D eigenvalue weighted by molar-refractivity contribution is 7.92. The lowest BCUT2D eigenvalue weighted by molar-refractivity contribution is 0.118. The molecule has 0 saturated heterocycles. The summed E-state index contributed by atoms with van der Waals surface area (Å²) in [5.74, 6) is 6.01. The van der Waals surface area contributed by atoms with Crippen LogP contribution in [0.2, 0.25) is 0 Å². The van der Waals surface area contributed by atoms with Gasteiger partial charge in [-0.3, -0.25) is 20.5 Å². The molecule has 0 aliphatic heterocycles. The molecule has 16 rings (SSSR count). The van der Waals surface area contributed by atoms with Gasteiger partial charge in [0.2, 0.25) is 10.0 Å². The summed E-state index contributed by atoms with van der Waals surface area (Å²) >= 11 is 0. The number of carbonyl (C=O) groups is 2. The second-order valence-electron chi connectivity index (χ2n) is 29.9. The van der Waals surface area contributed by atoms with E-state index >= 15 is 0 Å². The SMILES string of the molecule is C#CCOC(=O)Nc1cccc(-c2c(C#N)c3ccc(OC)cc3n2CC)c1.CCC(C)OC(=O)Nc1cccc(-c2c(C#N)c3ccc(OC)cc3n2CC)c1.CCCn1c(-c2ccc(NS(C)(=O)=O)cc2)c(C#N)c2ccc(OC)cc21.CCn1c(-c2ccn[nH]2)c(C#N)c2ccc(OC)cc21.CCn1c(-c2cn(Cc3ccccc3)cn2)c(C#N)c2ccc(OC)cc21. The van der Waals surface area contributed by atoms with Crippen LogP contribution in [0.1, 0.15) is 94.7 Å². The third-order valence-electron chi connectivity index (χ3n) is 21.9. The number of rotatable bonds is 25. The van der Waals surface area contributed by atoms with Gasteiger partial charge in [-0.1, -0.05) is 86.5 Å². The van der Waals surface area contributed by atoms with Crippen LogP contribution in [-0.2, 0) is 58.8 Å². The zero-order valence-electron chi connectivity index (χ0n) is 75.0. The van der Waals surface area contributed by atoms with Crippen LogP contribution in [0.5, 0.6) is 28.7 Å². The van der Waals surface area contributed by atoms with E-state index in [1.54, 1.807) is 72.1 Å². The lowest BCUT2D eigenvalue weighted by atomic mass is 10.1. The number of aromatic amines is 1. The monoisotopic (exact) mass is 1770 g/mol. The number of imidazole rings is 1. The summed E-state index contributed by atoms with van der Waals surface area (Å²) in [5, 5.41) is 65.6. The molecule has 2 amide bonds. The number of amides is 2. The topological polar surface area (TPSA) is 359 Å². The molecule has 1 unspecified atom stereocenters. The first-order valence-corrected chi connectivity index (χ1v) is 44.2. The van der Waals surface area contributed by atoms with E-state index in [1.807, 2.05) is 203 Å².